The summed E-state index contributed by atoms with van der Waals surface area (Å²) < 4.78 is 44.0. The van der Waals surface area contributed by atoms with Crippen LogP contribution in [-0.4, -0.2) is 36.3 Å². The van der Waals surface area contributed by atoms with Crippen molar-refractivity contribution in [2.24, 2.45) is 4.99 Å². The number of aliphatic imine (C=N–C) groups is 1. The van der Waals surface area contributed by atoms with Gasteiger partial charge in [-0.25, -0.2) is 0 Å². The van der Waals surface area contributed by atoms with Gasteiger partial charge in [-0.15, -0.1) is 0 Å². The zero-order chi connectivity index (χ0) is 14.8. The number of thiocarbonyl (C=S) groups is 1. The Hall–Kier alpha value is -1.43. The third-order valence-corrected chi connectivity index (χ3v) is 3.14. The van der Waals surface area contributed by atoms with Crippen molar-refractivity contribution in [2.45, 2.75) is 18.7 Å². The zero-order valence-electron chi connectivity index (χ0n) is 10.8. The highest BCUT2D eigenvalue weighted by Crippen LogP contribution is 2.35. The van der Waals surface area contributed by atoms with Gasteiger partial charge in [0.2, 0.25) is 0 Å². The fraction of sp³-hybridized carbons (Fsp3) is 0.462. The van der Waals surface area contributed by atoms with Gasteiger partial charge in [-0.3, -0.25) is 0 Å². The molecule has 1 aliphatic heterocycles. The molecule has 1 atom stereocenters. The van der Waals surface area contributed by atoms with Crippen LogP contribution in [0.15, 0.2) is 23.2 Å². The quantitative estimate of drug-likeness (QED) is 0.631. The van der Waals surface area contributed by atoms with Crippen LogP contribution in [0, 0.1) is 0 Å². The zero-order valence-corrected chi connectivity index (χ0v) is 11.6. The van der Waals surface area contributed by atoms with Crippen molar-refractivity contribution in [1.82, 2.24) is 4.90 Å². The van der Waals surface area contributed by atoms with Gasteiger partial charge in [-0.05, 0) is 37.8 Å². The maximum atomic E-state index is 12.8. The fourth-order valence-electron chi connectivity index (χ4n) is 2.12. The molecule has 1 fully saturated rings. The van der Waals surface area contributed by atoms with Gasteiger partial charge < -0.3 is 9.64 Å². The first-order chi connectivity index (χ1) is 9.38. The summed E-state index contributed by atoms with van der Waals surface area (Å²) in [5.74, 6) is 0.157. The topological polar surface area (TPSA) is 24.8 Å². The van der Waals surface area contributed by atoms with Gasteiger partial charge in [0.1, 0.15) is 11.9 Å². The Balaban J connectivity index is 2.27. The summed E-state index contributed by atoms with van der Waals surface area (Å²) in [4.78, 5) is 5.67. The van der Waals surface area contributed by atoms with Crippen LogP contribution in [0.4, 0.5) is 18.9 Å². The summed E-state index contributed by atoms with van der Waals surface area (Å²) in [6.07, 6.45) is -3.76. The summed E-state index contributed by atoms with van der Waals surface area (Å²) >= 11 is 4.43. The lowest BCUT2D eigenvalue weighted by molar-refractivity contribution is -0.137. The number of halogens is 3. The number of ether oxygens (including phenoxy) is 1. The van der Waals surface area contributed by atoms with Crippen molar-refractivity contribution in [2.75, 3.05) is 20.1 Å². The Kier molecular flexibility index (Phi) is 4.42. The minimum Gasteiger partial charge on any atom is -0.489 e. The third kappa shape index (κ3) is 3.79. The monoisotopic (exact) mass is 302 g/mol. The Morgan fingerprint density at radius 1 is 1.40 bits per heavy atom. The van der Waals surface area contributed by atoms with Crippen LogP contribution in [0.5, 0.6) is 5.75 Å². The van der Waals surface area contributed by atoms with E-state index in [9.17, 15) is 13.2 Å². The second-order valence-corrected chi connectivity index (χ2v) is 4.89. The Morgan fingerprint density at radius 2 is 2.15 bits per heavy atom. The molecule has 108 valence electrons. The molecule has 0 N–H and O–H groups in total. The van der Waals surface area contributed by atoms with Crippen LogP contribution >= 0.6 is 12.2 Å². The van der Waals surface area contributed by atoms with E-state index in [1.54, 1.807) is 0 Å². The minimum atomic E-state index is -4.45. The second kappa shape index (κ2) is 5.91. The highest BCUT2D eigenvalue weighted by molar-refractivity contribution is 7.78. The average Bonchev–Trinajstić information content (AvgIpc) is 2.74. The number of alkyl halides is 3. The second-order valence-electron chi connectivity index (χ2n) is 4.71. The molecule has 1 heterocycles. The minimum absolute atomic E-state index is 0.0937. The van der Waals surface area contributed by atoms with Crippen molar-refractivity contribution < 1.29 is 17.9 Å². The number of nitrogens with zero attached hydrogens (tertiary/aromatic N) is 2. The molecule has 0 bridgehead atoms. The van der Waals surface area contributed by atoms with Gasteiger partial charge in [-0.1, -0.05) is 0 Å². The smallest absolute Gasteiger partial charge is 0.416 e. The number of likely N-dealkylation sites (tertiary alicyclic amines) is 1. The first-order valence-corrected chi connectivity index (χ1v) is 6.44. The van der Waals surface area contributed by atoms with Gasteiger partial charge in [0.15, 0.2) is 0 Å². The number of benzene rings is 1. The van der Waals surface area contributed by atoms with E-state index < -0.39 is 11.7 Å². The fourth-order valence-corrected chi connectivity index (χ4v) is 2.22. The van der Waals surface area contributed by atoms with Gasteiger partial charge >= 0.3 is 6.18 Å². The van der Waals surface area contributed by atoms with Crippen LogP contribution in [-0.2, 0) is 6.18 Å². The molecule has 1 aromatic carbocycles. The van der Waals surface area contributed by atoms with Crippen LogP contribution in [0.2, 0.25) is 0 Å². The number of likely N-dealkylation sites (N-methyl/N-ethyl adjacent to an activating group) is 1. The van der Waals surface area contributed by atoms with E-state index in [2.05, 4.69) is 27.3 Å². The Morgan fingerprint density at radius 3 is 2.70 bits per heavy atom. The maximum absolute atomic E-state index is 12.8. The highest BCUT2D eigenvalue weighted by atomic mass is 32.1. The van der Waals surface area contributed by atoms with Gasteiger partial charge in [0.25, 0.3) is 0 Å². The molecule has 20 heavy (non-hydrogen) atoms. The van der Waals surface area contributed by atoms with Crippen LogP contribution in [0.3, 0.4) is 0 Å². The van der Waals surface area contributed by atoms with Crippen molar-refractivity contribution >= 4 is 23.1 Å². The summed E-state index contributed by atoms with van der Waals surface area (Å²) in [5.41, 5.74) is -0.707. The molecule has 0 amide bonds. The van der Waals surface area contributed by atoms with E-state index in [-0.39, 0.29) is 17.5 Å². The summed E-state index contributed by atoms with van der Waals surface area (Å²) in [7, 11) is 1.94. The van der Waals surface area contributed by atoms with Crippen molar-refractivity contribution in [3.05, 3.63) is 23.8 Å². The lowest BCUT2D eigenvalue weighted by Gasteiger charge is -2.16. The van der Waals surface area contributed by atoms with E-state index in [0.717, 1.165) is 25.1 Å². The van der Waals surface area contributed by atoms with Crippen molar-refractivity contribution in [3.63, 3.8) is 0 Å². The average molecular weight is 302 g/mol. The molecular weight excluding hydrogens is 289 g/mol. The van der Waals surface area contributed by atoms with Crippen LogP contribution in [0.25, 0.3) is 0 Å². The van der Waals surface area contributed by atoms with E-state index in [0.29, 0.717) is 6.54 Å². The largest absolute Gasteiger partial charge is 0.489 e. The predicted octanol–water partition coefficient (Wildman–Crippen LogP) is 3.52. The first kappa shape index (κ1) is 15.0. The predicted molar refractivity (Wildman–Crippen MR) is 72.7 cm³/mol. The molecular formula is C13H13F3N2OS. The van der Waals surface area contributed by atoms with Crippen molar-refractivity contribution in [1.29, 1.82) is 0 Å². The SMILES string of the molecule is CN1CCC(Oc2cc(N=C=S)cc(C(F)(F)F)c2)C1. The molecule has 7 heteroatoms. The normalized spacial score (nSPS) is 19.7. The molecule has 0 saturated carbocycles. The summed E-state index contributed by atoms with van der Waals surface area (Å²) in [6, 6.07) is 3.35. The number of hydrogen-bond donors (Lipinski definition) is 0. The summed E-state index contributed by atoms with van der Waals surface area (Å²) in [5, 5.41) is 2.07. The molecule has 0 spiro atoms. The van der Waals surface area contributed by atoms with E-state index in [1.807, 2.05) is 7.05 Å². The molecule has 0 aliphatic carbocycles. The Labute approximate surface area is 120 Å². The molecule has 1 saturated heterocycles. The number of isothiocyanates is 1. The lowest BCUT2D eigenvalue weighted by atomic mass is 10.2. The standard InChI is InChI=1S/C13H13F3N2OS/c1-18-3-2-11(7-18)19-12-5-9(13(14,15)16)4-10(6-12)17-8-20/h4-6,11H,2-3,7H2,1H3. The van der Waals surface area contributed by atoms with Crippen LogP contribution < -0.4 is 4.74 Å². The molecule has 2 rings (SSSR count). The van der Waals surface area contributed by atoms with Gasteiger partial charge in [0, 0.05) is 19.2 Å². The number of hydrogen-bond acceptors (Lipinski definition) is 4. The molecule has 0 radical (unpaired) electrons. The maximum Gasteiger partial charge on any atom is 0.416 e. The van der Waals surface area contributed by atoms with Crippen molar-refractivity contribution in [3.8, 4) is 5.75 Å². The van der Waals surface area contributed by atoms with E-state index >= 15 is 0 Å². The van der Waals surface area contributed by atoms with Crippen LogP contribution in [0.1, 0.15) is 12.0 Å². The summed E-state index contributed by atoms with van der Waals surface area (Å²) in [6.45, 7) is 1.57. The lowest BCUT2D eigenvalue weighted by Crippen LogP contribution is -2.21. The first-order valence-electron chi connectivity index (χ1n) is 6.04. The molecule has 3 nitrogen and oxygen atoms in total. The van der Waals surface area contributed by atoms with Gasteiger partial charge in [0.05, 0.1) is 16.4 Å². The van der Waals surface area contributed by atoms with E-state index in [1.165, 1.54) is 6.07 Å². The van der Waals surface area contributed by atoms with Gasteiger partial charge in [-0.2, -0.15) is 18.2 Å². The number of rotatable bonds is 3. The van der Waals surface area contributed by atoms with E-state index in [4.69, 9.17) is 4.74 Å². The molecule has 0 aromatic heterocycles. The third-order valence-electron chi connectivity index (χ3n) is 3.04. The molecule has 1 unspecified atom stereocenters. The highest BCUT2D eigenvalue weighted by Gasteiger charge is 2.32. The molecule has 1 aromatic rings. The Bertz CT molecular complexity index is 541. The molecule has 1 aliphatic rings.